The lowest BCUT2D eigenvalue weighted by molar-refractivity contribution is 0.382. The number of alkyl halides is 2. The first-order valence-electron chi connectivity index (χ1n) is 3.67. The molecule has 1 aliphatic carbocycles. The van der Waals surface area contributed by atoms with E-state index in [0.29, 0.717) is 5.41 Å². The maximum absolute atomic E-state index is 3.71. The molecule has 1 N–H and O–H groups in total. The third kappa shape index (κ3) is 0.718. The summed E-state index contributed by atoms with van der Waals surface area (Å²) < 4.78 is 0.247. The minimum Gasteiger partial charge on any atom is -0.316 e. The van der Waals surface area contributed by atoms with Crippen molar-refractivity contribution in [3.05, 3.63) is 0 Å². The predicted molar refractivity (Wildman–Crippen MR) is 49.7 cm³/mol. The average molecular weight is 269 g/mol. The first kappa shape index (κ1) is 7.56. The molecule has 0 unspecified atom stereocenters. The highest BCUT2D eigenvalue weighted by atomic mass is 79.9. The van der Waals surface area contributed by atoms with Crippen LogP contribution in [0.5, 0.6) is 0 Å². The van der Waals surface area contributed by atoms with Gasteiger partial charge in [0.1, 0.15) is 0 Å². The predicted octanol–water partition coefficient (Wildman–Crippen LogP) is 2.10. The summed E-state index contributed by atoms with van der Waals surface area (Å²) in [6.07, 6.45) is 1.29. The van der Waals surface area contributed by atoms with Crippen molar-refractivity contribution in [3.63, 3.8) is 0 Å². The summed E-state index contributed by atoms with van der Waals surface area (Å²) >= 11 is 7.42. The Morgan fingerprint density at radius 1 is 1.50 bits per heavy atom. The van der Waals surface area contributed by atoms with Gasteiger partial charge in [-0.2, -0.15) is 0 Å². The molecule has 0 radical (unpaired) electrons. The highest BCUT2D eigenvalue weighted by Gasteiger charge is 2.71. The molecule has 3 heteroatoms. The van der Waals surface area contributed by atoms with E-state index in [1.807, 2.05) is 0 Å². The molecule has 0 aromatic heterocycles. The highest BCUT2D eigenvalue weighted by molar-refractivity contribution is 9.25. The summed E-state index contributed by atoms with van der Waals surface area (Å²) in [5, 5.41) is 3.40. The van der Waals surface area contributed by atoms with Gasteiger partial charge in [0.05, 0.1) is 3.23 Å². The molecule has 0 aromatic carbocycles. The van der Waals surface area contributed by atoms with Crippen LogP contribution < -0.4 is 5.32 Å². The van der Waals surface area contributed by atoms with Crippen LogP contribution in [0.15, 0.2) is 0 Å². The molecule has 10 heavy (non-hydrogen) atoms. The van der Waals surface area contributed by atoms with Crippen molar-refractivity contribution < 1.29 is 0 Å². The van der Waals surface area contributed by atoms with Crippen molar-refractivity contribution >= 4 is 31.9 Å². The molecular weight excluding hydrogens is 258 g/mol. The summed E-state index contributed by atoms with van der Waals surface area (Å²) in [6.45, 7) is 4.68. The Kier molecular flexibility index (Phi) is 1.50. The van der Waals surface area contributed by atoms with Crippen molar-refractivity contribution in [2.75, 3.05) is 13.1 Å². The van der Waals surface area contributed by atoms with Gasteiger partial charge in [0, 0.05) is 17.9 Å². The van der Waals surface area contributed by atoms with Gasteiger partial charge < -0.3 is 5.32 Å². The summed E-state index contributed by atoms with van der Waals surface area (Å²) in [5.74, 6) is 0.786. The smallest absolute Gasteiger partial charge is 0.0909 e. The lowest BCUT2D eigenvalue weighted by atomic mass is 9.99. The average Bonchev–Trinajstić information content (AvgIpc) is 2.30. The number of fused-ring (bicyclic) bond motifs is 1. The van der Waals surface area contributed by atoms with Crippen LogP contribution in [0.25, 0.3) is 0 Å². The molecule has 0 bridgehead atoms. The van der Waals surface area contributed by atoms with Crippen LogP contribution in [0.4, 0.5) is 0 Å². The lowest BCUT2D eigenvalue weighted by Crippen LogP contribution is -2.27. The van der Waals surface area contributed by atoms with Crippen molar-refractivity contribution in [2.24, 2.45) is 11.3 Å². The van der Waals surface area contributed by atoms with Crippen molar-refractivity contribution in [2.45, 2.75) is 16.6 Å². The molecule has 2 aliphatic rings. The highest BCUT2D eigenvalue weighted by Crippen LogP contribution is 2.73. The Hall–Kier alpha value is 0.920. The van der Waals surface area contributed by atoms with Gasteiger partial charge in [-0.15, -0.1) is 0 Å². The molecule has 0 aromatic rings. The number of piperidine rings is 1. The first-order valence-corrected chi connectivity index (χ1v) is 5.26. The maximum Gasteiger partial charge on any atom is 0.0909 e. The fraction of sp³-hybridized carbons (Fsp3) is 1.00. The molecule has 1 nitrogen and oxygen atoms in total. The second kappa shape index (κ2) is 1.99. The molecule has 1 saturated heterocycles. The van der Waals surface area contributed by atoms with Crippen LogP contribution in [0.3, 0.4) is 0 Å². The second-order valence-electron chi connectivity index (χ2n) is 3.55. The van der Waals surface area contributed by atoms with Gasteiger partial charge in [0.15, 0.2) is 0 Å². The van der Waals surface area contributed by atoms with Crippen LogP contribution in [-0.4, -0.2) is 16.3 Å². The minimum atomic E-state index is 0.247. The fourth-order valence-corrected chi connectivity index (χ4v) is 4.02. The zero-order valence-corrected chi connectivity index (χ0v) is 9.13. The summed E-state index contributed by atoms with van der Waals surface area (Å²) in [5.41, 5.74) is 0.512. The van der Waals surface area contributed by atoms with E-state index in [1.165, 1.54) is 13.0 Å². The quantitative estimate of drug-likeness (QED) is 0.664. The van der Waals surface area contributed by atoms with E-state index in [4.69, 9.17) is 0 Å². The molecule has 58 valence electrons. The first-order chi connectivity index (χ1) is 4.59. The lowest BCUT2D eigenvalue weighted by Gasteiger charge is -2.16. The second-order valence-corrected chi connectivity index (χ2v) is 7.11. The van der Waals surface area contributed by atoms with E-state index in [-0.39, 0.29) is 3.23 Å². The molecule has 2 atom stereocenters. The van der Waals surface area contributed by atoms with Gasteiger partial charge in [-0.25, -0.2) is 0 Å². The fourth-order valence-electron chi connectivity index (χ4n) is 1.96. The van der Waals surface area contributed by atoms with Gasteiger partial charge in [-0.1, -0.05) is 38.8 Å². The van der Waals surface area contributed by atoms with Gasteiger partial charge >= 0.3 is 0 Å². The number of hydrogen-bond acceptors (Lipinski definition) is 1. The van der Waals surface area contributed by atoms with Crippen molar-refractivity contribution in [3.8, 4) is 0 Å². The van der Waals surface area contributed by atoms with E-state index >= 15 is 0 Å². The van der Waals surface area contributed by atoms with E-state index in [9.17, 15) is 0 Å². The SMILES string of the molecule is C[C@@]12CCNC[C@H]1C2(Br)Br. The van der Waals surface area contributed by atoms with Gasteiger partial charge in [-0.3, -0.25) is 0 Å². The van der Waals surface area contributed by atoms with E-state index in [1.54, 1.807) is 0 Å². The molecular formula is C7H11Br2N. The summed E-state index contributed by atoms with van der Waals surface area (Å²) in [7, 11) is 0. The van der Waals surface area contributed by atoms with Gasteiger partial charge in [0.25, 0.3) is 0 Å². The van der Waals surface area contributed by atoms with Crippen LogP contribution in [0.2, 0.25) is 0 Å². The molecule has 0 spiro atoms. The molecule has 0 amide bonds. The van der Waals surface area contributed by atoms with E-state index in [2.05, 4.69) is 44.1 Å². The standard InChI is InChI=1S/C7H11Br2N/c1-6-2-3-10-4-5(6)7(6,8)9/h5,10H,2-4H2,1H3/t5-,6-/m1/s1. The third-order valence-corrected chi connectivity index (χ3v) is 5.97. The van der Waals surface area contributed by atoms with Crippen LogP contribution in [0.1, 0.15) is 13.3 Å². The van der Waals surface area contributed by atoms with Crippen LogP contribution >= 0.6 is 31.9 Å². The molecule has 1 heterocycles. The van der Waals surface area contributed by atoms with Crippen LogP contribution in [-0.2, 0) is 0 Å². The monoisotopic (exact) mass is 267 g/mol. The van der Waals surface area contributed by atoms with E-state index in [0.717, 1.165) is 12.5 Å². The molecule has 1 saturated carbocycles. The van der Waals surface area contributed by atoms with Gasteiger partial charge in [-0.05, 0) is 13.0 Å². The Balaban J connectivity index is 2.20. The summed E-state index contributed by atoms with van der Waals surface area (Å²) in [6, 6.07) is 0. The summed E-state index contributed by atoms with van der Waals surface area (Å²) in [4.78, 5) is 0. The minimum absolute atomic E-state index is 0.247. The topological polar surface area (TPSA) is 12.0 Å². The Bertz CT molecular complexity index is 169. The zero-order chi connectivity index (χ0) is 7.41. The Morgan fingerprint density at radius 3 is 2.60 bits per heavy atom. The largest absolute Gasteiger partial charge is 0.316 e. The van der Waals surface area contributed by atoms with Crippen molar-refractivity contribution in [1.29, 1.82) is 0 Å². The number of halogens is 2. The molecule has 2 fully saturated rings. The van der Waals surface area contributed by atoms with Crippen LogP contribution in [0, 0.1) is 11.3 Å². The number of nitrogens with one attached hydrogen (secondary N) is 1. The number of rotatable bonds is 0. The van der Waals surface area contributed by atoms with E-state index < -0.39 is 0 Å². The molecule has 2 rings (SSSR count). The zero-order valence-electron chi connectivity index (χ0n) is 5.95. The Labute approximate surface area is 78.2 Å². The third-order valence-electron chi connectivity index (χ3n) is 3.05. The normalized spacial score (nSPS) is 50.1. The Morgan fingerprint density at radius 2 is 2.20 bits per heavy atom. The van der Waals surface area contributed by atoms with Gasteiger partial charge in [0.2, 0.25) is 0 Å². The molecule has 1 aliphatic heterocycles. The van der Waals surface area contributed by atoms with Crippen molar-refractivity contribution in [1.82, 2.24) is 5.32 Å². The number of hydrogen-bond donors (Lipinski definition) is 1. The maximum atomic E-state index is 3.71.